The quantitative estimate of drug-likeness (QED) is 0.634. The first-order valence-electron chi connectivity index (χ1n) is 6.85. The molecular formula is C13H23N5O. The Bertz CT molecular complexity index is 423. The Labute approximate surface area is 114 Å². The van der Waals surface area contributed by atoms with Crippen LogP contribution in [0.1, 0.15) is 38.7 Å². The zero-order valence-corrected chi connectivity index (χ0v) is 11.9. The van der Waals surface area contributed by atoms with Crippen LogP contribution in [0.5, 0.6) is 0 Å². The maximum Gasteiger partial charge on any atom is 0.148 e. The van der Waals surface area contributed by atoms with E-state index in [1.807, 2.05) is 0 Å². The van der Waals surface area contributed by atoms with Crippen molar-refractivity contribution < 1.29 is 4.74 Å². The number of nitrogens with one attached hydrogen (secondary N) is 1. The van der Waals surface area contributed by atoms with Crippen molar-refractivity contribution in [1.29, 1.82) is 0 Å². The van der Waals surface area contributed by atoms with Crippen molar-refractivity contribution in [1.82, 2.24) is 9.97 Å². The molecule has 0 aliphatic carbocycles. The fourth-order valence-corrected chi connectivity index (χ4v) is 2.44. The van der Waals surface area contributed by atoms with Crippen molar-refractivity contribution in [3.05, 3.63) is 11.9 Å². The predicted octanol–water partition coefficient (Wildman–Crippen LogP) is 1.50. The van der Waals surface area contributed by atoms with E-state index in [2.05, 4.69) is 41.1 Å². The van der Waals surface area contributed by atoms with E-state index in [1.54, 1.807) is 6.33 Å². The monoisotopic (exact) mass is 265 g/mol. The summed E-state index contributed by atoms with van der Waals surface area (Å²) in [6.45, 7) is 8.87. The average Bonchev–Trinajstić information content (AvgIpc) is 2.46. The summed E-state index contributed by atoms with van der Waals surface area (Å²) in [7, 11) is 0. The second-order valence-electron chi connectivity index (χ2n) is 5.11. The van der Waals surface area contributed by atoms with Gasteiger partial charge in [-0.05, 0) is 12.3 Å². The van der Waals surface area contributed by atoms with Gasteiger partial charge in [0.2, 0.25) is 0 Å². The Morgan fingerprint density at radius 1 is 1.53 bits per heavy atom. The number of hydrazine groups is 1. The molecule has 3 N–H and O–H groups in total. The van der Waals surface area contributed by atoms with Gasteiger partial charge in [0.25, 0.3) is 0 Å². The molecule has 106 valence electrons. The Morgan fingerprint density at radius 2 is 2.32 bits per heavy atom. The van der Waals surface area contributed by atoms with Crippen LogP contribution in [-0.4, -0.2) is 35.8 Å². The number of nitrogens with zero attached hydrogens (tertiary/aromatic N) is 3. The van der Waals surface area contributed by atoms with Crippen molar-refractivity contribution in [2.75, 3.05) is 30.0 Å². The minimum absolute atomic E-state index is 0.276. The fourth-order valence-electron chi connectivity index (χ4n) is 2.44. The van der Waals surface area contributed by atoms with E-state index in [1.165, 1.54) is 0 Å². The highest BCUT2D eigenvalue weighted by Gasteiger charge is 2.24. The van der Waals surface area contributed by atoms with Crippen molar-refractivity contribution in [3.63, 3.8) is 0 Å². The van der Waals surface area contributed by atoms with Gasteiger partial charge >= 0.3 is 0 Å². The molecule has 6 nitrogen and oxygen atoms in total. The van der Waals surface area contributed by atoms with Gasteiger partial charge in [-0.3, -0.25) is 0 Å². The van der Waals surface area contributed by atoms with Gasteiger partial charge < -0.3 is 15.1 Å². The summed E-state index contributed by atoms with van der Waals surface area (Å²) in [6.07, 6.45) is 2.85. The van der Waals surface area contributed by atoms with Gasteiger partial charge in [0.15, 0.2) is 0 Å². The molecule has 1 unspecified atom stereocenters. The number of hydrogen-bond donors (Lipinski definition) is 2. The Balaban J connectivity index is 2.33. The van der Waals surface area contributed by atoms with E-state index in [0.717, 1.165) is 37.5 Å². The summed E-state index contributed by atoms with van der Waals surface area (Å²) in [6, 6.07) is 0. The van der Waals surface area contributed by atoms with Crippen LogP contribution in [0.2, 0.25) is 0 Å². The molecule has 2 heterocycles. The van der Waals surface area contributed by atoms with Gasteiger partial charge in [-0.2, -0.15) is 0 Å². The van der Waals surface area contributed by atoms with Crippen LogP contribution >= 0.6 is 0 Å². The molecule has 0 bridgehead atoms. The molecule has 0 saturated carbocycles. The number of rotatable bonds is 4. The minimum Gasteiger partial charge on any atom is -0.375 e. The van der Waals surface area contributed by atoms with Crippen molar-refractivity contribution in [2.45, 2.75) is 39.2 Å². The molecule has 0 radical (unpaired) electrons. The molecule has 1 aromatic heterocycles. The highest BCUT2D eigenvalue weighted by Crippen LogP contribution is 2.31. The van der Waals surface area contributed by atoms with Crippen molar-refractivity contribution >= 4 is 11.6 Å². The molecule has 0 aromatic carbocycles. The number of nitrogen functional groups attached to an aromatic ring is 1. The van der Waals surface area contributed by atoms with E-state index in [9.17, 15) is 0 Å². The SMILES string of the molecule is CCC1CN(c2ncnc(NN)c2C(C)C)CCO1. The largest absolute Gasteiger partial charge is 0.375 e. The van der Waals surface area contributed by atoms with Crippen LogP contribution in [0.3, 0.4) is 0 Å². The smallest absolute Gasteiger partial charge is 0.148 e. The molecule has 1 saturated heterocycles. The molecule has 19 heavy (non-hydrogen) atoms. The molecular weight excluding hydrogens is 242 g/mol. The summed E-state index contributed by atoms with van der Waals surface area (Å²) >= 11 is 0. The first-order valence-corrected chi connectivity index (χ1v) is 6.85. The van der Waals surface area contributed by atoms with Gasteiger partial charge in [0.05, 0.1) is 12.7 Å². The van der Waals surface area contributed by atoms with E-state index in [-0.39, 0.29) is 6.10 Å². The number of hydrogen-bond acceptors (Lipinski definition) is 6. The molecule has 1 fully saturated rings. The van der Waals surface area contributed by atoms with Gasteiger partial charge in [0, 0.05) is 18.7 Å². The molecule has 6 heteroatoms. The van der Waals surface area contributed by atoms with E-state index in [0.29, 0.717) is 11.7 Å². The first kappa shape index (κ1) is 14.0. The molecule has 1 aromatic rings. The summed E-state index contributed by atoms with van der Waals surface area (Å²) in [5, 5.41) is 0. The topological polar surface area (TPSA) is 76.3 Å². The highest BCUT2D eigenvalue weighted by atomic mass is 16.5. The molecule has 0 amide bonds. The van der Waals surface area contributed by atoms with E-state index >= 15 is 0 Å². The summed E-state index contributed by atoms with van der Waals surface area (Å²) in [5.41, 5.74) is 3.74. The number of aromatic nitrogens is 2. The van der Waals surface area contributed by atoms with Crippen molar-refractivity contribution in [3.8, 4) is 0 Å². The van der Waals surface area contributed by atoms with Crippen LogP contribution in [0.4, 0.5) is 11.6 Å². The Kier molecular flexibility index (Phi) is 4.55. The highest BCUT2D eigenvalue weighted by molar-refractivity contribution is 5.60. The second kappa shape index (κ2) is 6.16. The molecule has 0 spiro atoms. The standard InChI is InChI=1S/C13H23N5O/c1-4-10-7-18(5-6-19-10)13-11(9(2)3)12(17-14)15-8-16-13/h8-10H,4-7,14H2,1-3H3,(H,15,16,17). The van der Waals surface area contributed by atoms with Crippen LogP contribution < -0.4 is 16.2 Å². The second-order valence-corrected chi connectivity index (χ2v) is 5.11. The Hall–Kier alpha value is -1.40. The van der Waals surface area contributed by atoms with E-state index < -0.39 is 0 Å². The van der Waals surface area contributed by atoms with Gasteiger partial charge in [-0.1, -0.05) is 20.8 Å². The maximum absolute atomic E-state index is 5.71. The third-order valence-electron chi connectivity index (χ3n) is 3.47. The number of ether oxygens (including phenoxy) is 1. The normalized spacial score (nSPS) is 19.8. The third-order valence-corrected chi connectivity index (χ3v) is 3.47. The first-order chi connectivity index (χ1) is 9.17. The third kappa shape index (κ3) is 2.96. The summed E-state index contributed by atoms with van der Waals surface area (Å²) in [5.74, 6) is 7.55. The Morgan fingerprint density at radius 3 is 2.95 bits per heavy atom. The number of morpholine rings is 1. The lowest BCUT2D eigenvalue weighted by molar-refractivity contribution is 0.0381. The molecule has 1 aliphatic rings. The predicted molar refractivity (Wildman–Crippen MR) is 76.2 cm³/mol. The van der Waals surface area contributed by atoms with Crippen LogP contribution in [-0.2, 0) is 4.74 Å². The lowest BCUT2D eigenvalue weighted by atomic mass is 10.0. The molecule has 2 rings (SSSR count). The van der Waals surface area contributed by atoms with Crippen LogP contribution in [0.15, 0.2) is 6.33 Å². The van der Waals surface area contributed by atoms with Gasteiger partial charge in [-0.15, -0.1) is 0 Å². The zero-order valence-electron chi connectivity index (χ0n) is 11.9. The van der Waals surface area contributed by atoms with Crippen molar-refractivity contribution in [2.24, 2.45) is 5.84 Å². The summed E-state index contributed by atoms with van der Waals surface area (Å²) < 4.78 is 5.71. The number of anilines is 2. The fraction of sp³-hybridized carbons (Fsp3) is 0.692. The molecule has 1 atom stereocenters. The maximum atomic E-state index is 5.71. The van der Waals surface area contributed by atoms with Gasteiger partial charge in [0.1, 0.15) is 18.0 Å². The van der Waals surface area contributed by atoms with Gasteiger partial charge in [-0.25, -0.2) is 15.8 Å². The van der Waals surface area contributed by atoms with E-state index in [4.69, 9.17) is 10.6 Å². The minimum atomic E-state index is 0.276. The molecule has 1 aliphatic heterocycles. The summed E-state index contributed by atoms with van der Waals surface area (Å²) in [4.78, 5) is 10.9. The van der Waals surface area contributed by atoms with Crippen LogP contribution in [0, 0.1) is 0 Å². The average molecular weight is 265 g/mol. The lowest BCUT2D eigenvalue weighted by Gasteiger charge is -2.35. The lowest BCUT2D eigenvalue weighted by Crippen LogP contribution is -2.43. The zero-order chi connectivity index (χ0) is 13.8. The van der Waals surface area contributed by atoms with Crippen LogP contribution in [0.25, 0.3) is 0 Å². The number of nitrogens with two attached hydrogens (primary N) is 1.